The van der Waals surface area contributed by atoms with Gasteiger partial charge in [0.15, 0.2) is 5.66 Å². The van der Waals surface area contributed by atoms with Gasteiger partial charge in [0.05, 0.1) is 0 Å². The van der Waals surface area contributed by atoms with Crippen molar-refractivity contribution < 1.29 is 19.2 Å². The molecule has 0 aliphatic carbocycles. The van der Waals surface area contributed by atoms with E-state index in [1.165, 1.54) is 0 Å². The Hall–Kier alpha value is -3.28. The van der Waals surface area contributed by atoms with Gasteiger partial charge in [0.2, 0.25) is 23.6 Å². The number of carbonyl (C=O) groups excluding carboxylic acids is 4. The number of benzene rings is 2. The normalized spacial score (nSPS) is 17.9. The van der Waals surface area contributed by atoms with E-state index in [1.54, 1.807) is 60.7 Å². The Morgan fingerprint density at radius 1 is 0.519 bits per heavy atom. The molecule has 2 aromatic rings. The Morgan fingerprint density at radius 3 is 1.11 bits per heavy atom. The standard InChI is InChI=1S/C21H18N2O4/c24-17-11-12-18(25)22(17)21(15-7-3-1-4-8-15,16-9-5-2-6-10-16)23-19(26)13-14-20(23)27/h1-10H,11-14H2. The van der Waals surface area contributed by atoms with Gasteiger partial charge in [0.1, 0.15) is 0 Å². The van der Waals surface area contributed by atoms with Crippen molar-refractivity contribution in [2.45, 2.75) is 31.3 Å². The molecule has 2 aromatic carbocycles. The van der Waals surface area contributed by atoms with E-state index < -0.39 is 5.66 Å². The monoisotopic (exact) mass is 362 g/mol. The molecule has 0 radical (unpaired) electrons. The molecule has 2 aliphatic heterocycles. The molecule has 0 atom stereocenters. The Labute approximate surface area is 156 Å². The largest absolute Gasteiger partial charge is 0.274 e. The first-order valence-electron chi connectivity index (χ1n) is 8.89. The Balaban J connectivity index is 2.09. The van der Waals surface area contributed by atoms with Crippen molar-refractivity contribution in [2.24, 2.45) is 0 Å². The van der Waals surface area contributed by atoms with Crippen LogP contribution < -0.4 is 0 Å². The van der Waals surface area contributed by atoms with Gasteiger partial charge < -0.3 is 0 Å². The summed E-state index contributed by atoms with van der Waals surface area (Å²) in [4.78, 5) is 53.4. The molecule has 27 heavy (non-hydrogen) atoms. The fourth-order valence-electron chi connectivity index (χ4n) is 4.00. The molecule has 0 N–H and O–H groups in total. The van der Waals surface area contributed by atoms with Crippen LogP contribution in [-0.4, -0.2) is 33.4 Å². The molecular formula is C21H18N2O4. The summed E-state index contributed by atoms with van der Waals surface area (Å²) < 4.78 is 0. The summed E-state index contributed by atoms with van der Waals surface area (Å²) in [6, 6.07) is 17.6. The quantitative estimate of drug-likeness (QED) is 0.782. The third-order valence-electron chi connectivity index (χ3n) is 5.10. The van der Waals surface area contributed by atoms with Crippen molar-refractivity contribution in [3.05, 3.63) is 71.8 Å². The minimum atomic E-state index is -1.60. The summed E-state index contributed by atoms with van der Waals surface area (Å²) in [6.07, 6.45) is 0.264. The van der Waals surface area contributed by atoms with Crippen LogP contribution in [0.3, 0.4) is 0 Å². The van der Waals surface area contributed by atoms with E-state index in [4.69, 9.17) is 0 Å². The lowest BCUT2D eigenvalue weighted by Crippen LogP contribution is -2.62. The average molecular weight is 362 g/mol. The molecule has 0 unspecified atom stereocenters. The number of carbonyl (C=O) groups is 4. The maximum absolute atomic E-state index is 12.8. The van der Waals surface area contributed by atoms with Gasteiger partial charge in [-0.25, -0.2) is 9.80 Å². The highest BCUT2D eigenvalue weighted by atomic mass is 16.2. The van der Waals surface area contributed by atoms with Crippen LogP contribution in [0.4, 0.5) is 0 Å². The number of rotatable bonds is 4. The lowest BCUT2D eigenvalue weighted by molar-refractivity contribution is -0.162. The Kier molecular flexibility index (Phi) is 4.11. The number of nitrogens with zero attached hydrogens (tertiary/aromatic N) is 2. The van der Waals surface area contributed by atoms with Gasteiger partial charge in [-0.05, 0) is 0 Å². The second-order valence-corrected chi connectivity index (χ2v) is 6.65. The minimum absolute atomic E-state index is 0.0659. The van der Waals surface area contributed by atoms with Crippen molar-refractivity contribution in [2.75, 3.05) is 0 Å². The Morgan fingerprint density at radius 2 is 0.815 bits per heavy atom. The number of imide groups is 2. The maximum atomic E-state index is 12.8. The SMILES string of the molecule is O=C1CCC(=O)N1C(c1ccccc1)(c1ccccc1)N1C(=O)CCC1=O. The molecule has 4 rings (SSSR count). The minimum Gasteiger partial charge on any atom is -0.274 e. The van der Waals surface area contributed by atoms with Gasteiger partial charge >= 0.3 is 0 Å². The van der Waals surface area contributed by atoms with Crippen LogP contribution in [-0.2, 0) is 24.8 Å². The molecule has 0 spiro atoms. The molecule has 6 heteroatoms. The van der Waals surface area contributed by atoms with Gasteiger partial charge in [0.25, 0.3) is 0 Å². The molecule has 2 saturated heterocycles. The summed E-state index contributed by atoms with van der Waals surface area (Å²) >= 11 is 0. The second kappa shape index (κ2) is 6.46. The number of hydrogen-bond acceptors (Lipinski definition) is 4. The third-order valence-corrected chi connectivity index (χ3v) is 5.10. The van der Waals surface area contributed by atoms with Gasteiger partial charge in [-0.1, -0.05) is 60.7 Å². The molecular weight excluding hydrogens is 344 g/mol. The molecule has 0 saturated carbocycles. The average Bonchev–Trinajstić information content (AvgIpc) is 3.21. The summed E-state index contributed by atoms with van der Waals surface area (Å²) in [7, 11) is 0. The lowest BCUT2D eigenvalue weighted by atomic mass is 9.87. The smallest absolute Gasteiger partial charge is 0.232 e. The van der Waals surface area contributed by atoms with E-state index in [0.29, 0.717) is 11.1 Å². The first kappa shape index (κ1) is 17.1. The summed E-state index contributed by atoms with van der Waals surface area (Å²) in [5.74, 6) is -1.55. The van der Waals surface area contributed by atoms with Gasteiger partial charge in [-0.15, -0.1) is 0 Å². The number of amides is 4. The van der Waals surface area contributed by atoms with Gasteiger partial charge in [-0.3, -0.25) is 19.2 Å². The summed E-state index contributed by atoms with van der Waals surface area (Å²) in [5.41, 5.74) is -0.537. The zero-order valence-electron chi connectivity index (χ0n) is 14.6. The molecule has 2 aliphatic rings. The predicted molar refractivity (Wildman–Crippen MR) is 95.8 cm³/mol. The van der Waals surface area contributed by atoms with E-state index in [-0.39, 0.29) is 49.3 Å². The maximum Gasteiger partial charge on any atom is 0.232 e. The van der Waals surface area contributed by atoms with Crippen LogP contribution in [0.15, 0.2) is 60.7 Å². The highest BCUT2D eigenvalue weighted by molar-refractivity contribution is 6.07. The van der Waals surface area contributed by atoms with Crippen molar-refractivity contribution >= 4 is 23.6 Å². The first-order chi connectivity index (χ1) is 13.1. The van der Waals surface area contributed by atoms with Crippen LogP contribution in [0, 0.1) is 0 Å². The molecule has 0 bridgehead atoms. The predicted octanol–water partition coefficient (Wildman–Crippen LogP) is 2.19. The van der Waals surface area contributed by atoms with Crippen molar-refractivity contribution in [3.8, 4) is 0 Å². The van der Waals surface area contributed by atoms with E-state index in [0.717, 1.165) is 9.80 Å². The van der Waals surface area contributed by atoms with Crippen LogP contribution >= 0.6 is 0 Å². The second-order valence-electron chi connectivity index (χ2n) is 6.65. The van der Waals surface area contributed by atoms with Crippen LogP contribution in [0.5, 0.6) is 0 Å². The fourth-order valence-corrected chi connectivity index (χ4v) is 4.00. The molecule has 2 heterocycles. The highest BCUT2D eigenvalue weighted by Gasteiger charge is 2.57. The molecule has 2 fully saturated rings. The number of likely N-dealkylation sites (tertiary alicyclic amines) is 2. The highest BCUT2D eigenvalue weighted by Crippen LogP contribution is 2.44. The lowest BCUT2D eigenvalue weighted by Gasteiger charge is -2.46. The van der Waals surface area contributed by atoms with Crippen molar-refractivity contribution in [1.82, 2.24) is 9.80 Å². The zero-order valence-corrected chi connectivity index (χ0v) is 14.6. The summed E-state index contributed by atoms with van der Waals surface area (Å²) in [5, 5.41) is 0. The summed E-state index contributed by atoms with van der Waals surface area (Å²) in [6.45, 7) is 0. The first-order valence-corrected chi connectivity index (χ1v) is 8.89. The van der Waals surface area contributed by atoms with Crippen molar-refractivity contribution in [1.29, 1.82) is 0 Å². The van der Waals surface area contributed by atoms with Crippen LogP contribution in [0.1, 0.15) is 36.8 Å². The van der Waals surface area contributed by atoms with Gasteiger partial charge in [-0.2, -0.15) is 0 Å². The fraction of sp³-hybridized carbons (Fsp3) is 0.238. The third kappa shape index (κ3) is 2.48. The zero-order chi connectivity index (χ0) is 19.0. The number of hydrogen-bond donors (Lipinski definition) is 0. The van der Waals surface area contributed by atoms with Crippen LogP contribution in [0.2, 0.25) is 0 Å². The van der Waals surface area contributed by atoms with Crippen molar-refractivity contribution in [3.63, 3.8) is 0 Å². The molecule has 6 nitrogen and oxygen atoms in total. The van der Waals surface area contributed by atoms with E-state index in [1.807, 2.05) is 0 Å². The van der Waals surface area contributed by atoms with E-state index in [2.05, 4.69) is 0 Å². The molecule has 0 aromatic heterocycles. The van der Waals surface area contributed by atoms with E-state index in [9.17, 15) is 19.2 Å². The molecule has 4 amide bonds. The Bertz CT molecular complexity index is 814. The van der Waals surface area contributed by atoms with Crippen LogP contribution in [0.25, 0.3) is 0 Å². The van der Waals surface area contributed by atoms with Gasteiger partial charge in [0, 0.05) is 36.8 Å². The molecule has 136 valence electrons. The topological polar surface area (TPSA) is 74.8 Å². The van der Waals surface area contributed by atoms with E-state index >= 15 is 0 Å².